The lowest BCUT2D eigenvalue weighted by Gasteiger charge is -2.38. The fraction of sp³-hybridized carbons (Fsp3) is 0.333. The number of benzene rings is 1. The minimum atomic E-state index is -0.445. The van der Waals surface area contributed by atoms with Gasteiger partial charge < -0.3 is 24.1 Å². The summed E-state index contributed by atoms with van der Waals surface area (Å²) in [5, 5.41) is 2.83. The van der Waals surface area contributed by atoms with Crippen molar-refractivity contribution in [2.75, 3.05) is 25.0 Å². The summed E-state index contributed by atoms with van der Waals surface area (Å²) in [6.07, 6.45) is -0.132. The highest BCUT2D eigenvalue weighted by atomic mass is 16.5. The summed E-state index contributed by atoms with van der Waals surface area (Å²) in [5.41, 5.74) is 0.258. The van der Waals surface area contributed by atoms with Crippen LogP contribution in [0, 0.1) is 6.92 Å². The second-order valence-electron chi connectivity index (χ2n) is 5.76. The van der Waals surface area contributed by atoms with Gasteiger partial charge in [-0.05, 0) is 38.1 Å². The SMILES string of the molecule is CCOc1ccc(NC(=O)N2CC(Oc3cc(C)oc(=O)c3)C2)cc1. The van der Waals surface area contributed by atoms with Gasteiger partial charge in [-0.15, -0.1) is 0 Å². The molecule has 7 nitrogen and oxygen atoms in total. The van der Waals surface area contributed by atoms with Gasteiger partial charge in [-0.3, -0.25) is 0 Å². The number of amides is 2. The summed E-state index contributed by atoms with van der Waals surface area (Å²) in [5.74, 6) is 1.72. The Kier molecular flexibility index (Phi) is 4.92. The molecular weight excluding hydrogens is 324 g/mol. The smallest absolute Gasteiger partial charge is 0.339 e. The van der Waals surface area contributed by atoms with E-state index in [-0.39, 0.29) is 12.1 Å². The van der Waals surface area contributed by atoms with E-state index < -0.39 is 5.63 Å². The van der Waals surface area contributed by atoms with Crippen LogP contribution < -0.4 is 20.4 Å². The van der Waals surface area contributed by atoms with Crippen molar-refractivity contribution in [3.05, 3.63) is 52.6 Å². The molecule has 0 saturated carbocycles. The quantitative estimate of drug-likeness (QED) is 0.902. The number of likely N-dealkylation sites (tertiary alicyclic amines) is 1. The molecule has 1 aromatic heterocycles. The van der Waals surface area contributed by atoms with Crippen molar-refractivity contribution in [3.8, 4) is 11.5 Å². The Labute approximate surface area is 145 Å². The number of rotatable bonds is 5. The highest BCUT2D eigenvalue weighted by molar-refractivity contribution is 5.90. The van der Waals surface area contributed by atoms with Gasteiger partial charge in [0.05, 0.1) is 25.8 Å². The number of urea groups is 1. The van der Waals surface area contributed by atoms with Crippen molar-refractivity contribution in [2.45, 2.75) is 20.0 Å². The predicted octanol–water partition coefficient (Wildman–Crippen LogP) is 2.64. The first-order valence-corrected chi connectivity index (χ1v) is 8.10. The summed E-state index contributed by atoms with van der Waals surface area (Å²) in [7, 11) is 0. The Morgan fingerprint density at radius 3 is 2.60 bits per heavy atom. The molecule has 132 valence electrons. The van der Waals surface area contributed by atoms with Crippen molar-refractivity contribution in [2.24, 2.45) is 0 Å². The van der Waals surface area contributed by atoms with Crippen LogP contribution in [0.15, 0.2) is 45.6 Å². The topological polar surface area (TPSA) is 81.0 Å². The van der Waals surface area contributed by atoms with E-state index in [1.165, 1.54) is 6.07 Å². The fourth-order valence-corrected chi connectivity index (χ4v) is 2.52. The van der Waals surface area contributed by atoms with E-state index in [4.69, 9.17) is 13.9 Å². The zero-order valence-corrected chi connectivity index (χ0v) is 14.2. The summed E-state index contributed by atoms with van der Waals surface area (Å²) < 4.78 is 15.9. The normalized spacial score (nSPS) is 13.9. The molecule has 25 heavy (non-hydrogen) atoms. The summed E-state index contributed by atoms with van der Waals surface area (Å²) >= 11 is 0. The average Bonchev–Trinajstić information content (AvgIpc) is 2.51. The second-order valence-corrected chi connectivity index (χ2v) is 5.76. The first-order chi connectivity index (χ1) is 12.0. The van der Waals surface area contributed by atoms with Crippen LogP contribution >= 0.6 is 0 Å². The van der Waals surface area contributed by atoms with Gasteiger partial charge in [-0.1, -0.05) is 0 Å². The van der Waals surface area contributed by atoms with Crippen molar-refractivity contribution < 1.29 is 18.7 Å². The Morgan fingerprint density at radius 1 is 1.24 bits per heavy atom. The third-order valence-corrected chi connectivity index (χ3v) is 3.72. The maximum absolute atomic E-state index is 12.2. The maximum atomic E-state index is 12.2. The first kappa shape index (κ1) is 16.9. The summed E-state index contributed by atoms with van der Waals surface area (Å²) in [6.45, 7) is 5.13. The van der Waals surface area contributed by atoms with Crippen LogP contribution in [0.4, 0.5) is 10.5 Å². The Hall–Kier alpha value is -2.96. The lowest BCUT2D eigenvalue weighted by atomic mass is 10.2. The van der Waals surface area contributed by atoms with Crippen molar-refractivity contribution in [1.82, 2.24) is 4.90 Å². The van der Waals surface area contributed by atoms with Crippen LogP contribution in [0.2, 0.25) is 0 Å². The Balaban J connectivity index is 1.48. The van der Waals surface area contributed by atoms with Gasteiger partial charge in [0.25, 0.3) is 0 Å². The Bertz CT molecular complexity index is 794. The predicted molar refractivity (Wildman–Crippen MR) is 92.3 cm³/mol. The van der Waals surface area contributed by atoms with Gasteiger partial charge in [0.2, 0.25) is 0 Å². The largest absolute Gasteiger partial charge is 0.494 e. The molecule has 3 rings (SSSR count). The number of hydrogen-bond acceptors (Lipinski definition) is 5. The lowest BCUT2D eigenvalue weighted by molar-refractivity contribution is 0.0487. The number of carbonyl (C=O) groups is 1. The standard InChI is InChI=1S/C18H20N2O5/c1-3-23-14-6-4-13(5-7-14)19-18(22)20-10-16(11-20)25-15-8-12(2)24-17(21)9-15/h4-9,16H,3,10-11H2,1-2H3,(H,19,22). The van der Waals surface area contributed by atoms with Gasteiger partial charge in [0.15, 0.2) is 0 Å². The zero-order chi connectivity index (χ0) is 17.8. The molecule has 1 aromatic carbocycles. The van der Waals surface area contributed by atoms with E-state index in [9.17, 15) is 9.59 Å². The zero-order valence-electron chi connectivity index (χ0n) is 14.2. The minimum absolute atomic E-state index is 0.132. The number of aryl methyl sites for hydroxylation is 1. The lowest BCUT2D eigenvalue weighted by Crippen LogP contribution is -2.57. The van der Waals surface area contributed by atoms with Crippen LogP contribution in [0.25, 0.3) is 0 Å². The van der Waals surface area contributed by atoms with Crippen LogP contribution in [0.3, 0.4) is 0 Å². The highest BCUT2D eigenvalue weighted by Crippen LogP contribution is 2.20. The molecule has 1 aliphatic heterocycles. The molecule has 2 aromatic rings. The number of ether oxygens (including phenoxy) is 2. The number of anilines is 1. The van der Waals surface area contributed by atoms with Gasteiger partial charge in [0, 0.05) is 11.8 Å². The summed E-state index contributed by atoms with van der Waals surface area (Å²) in [4.78, 5) is 25.1. The van der Waals surface area contributed by atoms with Crippen LogP contribution in [-0.2, 0) is 0 Å². The number of nitrogens with zero attached hydrogens (tertiary/aromatic N) is 1. The number of carbonyl (C=O) groups excluding carboxylic acids is 1. The van der Waals surface area contributed by atoms with Crippen molar-refractivity contribution in [3.63, 3.8) is 0 Å². The minimum Gasteiger partial charge on any atom is -0.494 e. The van der Waals surface area contributed by atoms with Gasteiger partial charge in [0.1, 0.15) is 23.4 Å². The maximum Gasteiger partial charge on any atom is 0.339 e. The molecule has 1 fully saturated rings. The molecule has 0 bridgehead atoms. The van der Waals surface area contributed by atoms with Crippen LogP contribution in [0.1, 0.15) is 12.7 Å². The molecule has 1 aliphatic rings. The second kappa shape index (κ2) is 7.29. The van der Waals surface area contributed by atoms with Gasteiger partial charge >= 0.3 is 11.7 Å². The molecule has 0 radical (unpaired) electrons. The van der Waals surface area contributed by atoms with Crippen molar-refractivity contribution >= 4 is 11.7 Å². The molecule has 0 unspecified atom stereocenters. The number of hydrogen-bond donors (Lipinski definition) is 1. The van der Waals surface area contributed by atoms with E-state index in [2.05, 4.69) is 5.32 Å². The summed E-state index contributed by atoms with van der Waals surface area (Å²) in [6, 6.07) is 9.98. The third kappa shape index (κ3) is 4.32. The highest BCUT2D eigenvalue weighted by Gasteiger charge is 2.32. The molecule has 1 saturated heterocycles. The Morgan fingerprint density at radius 2 is 1.96 bits per heavy atom. The first-order valence-electron chi connectivity index (χ1n) is 8.10. The number of nitrogens with one attached hydrogen (secondary N) is 1. The van der Waals surface area contributed by atoms with Crippen LogP contribution in [-0.4, -0.2) is 36.7 Å². The van der Waals surface area contributed by atoms with Gasteiger partial charge in [-0.25, -0.2) is 9.59 Å². The van der Waals surface area contributed by atoms with E-state index in [1.807, 2.05) is 19.1 Å². The van der Waals surface area contributed by atoms with E-state index in [1.54, 1.807) is 30.0 Å². The van der Waals surface area contributed by atoms with E-state index >= 15 is 0 Å². The van der Waals surface area contributed by atoms with Crippen molar-refractivity contribution in [1.29, 1.82) is 0 Å². The molecular formula is C18H20N2O5. The van der Waals surface area contributed by atoms with Crippen LogP contribution in [0.5, 0.6) is 11.5 Å². The molecule has 0 aliphatic carbocycles. The van der Waals surface area contributed by atoms with E-state index in [0.29, 0.717) is 36.9 Å². The fourth-order valence-electron chi connectivity index (χ4n) is 2.52. The molecule has 1 N–H and O–H groups in total. The molecule has 2 amide bonds. The van der Waals surface area contributed by atoms with Gasteiger partial charge in [-0.2, -0.15) is 0 Å². The molecule has 7 heteroatoms. The molecule has 2 heterocycles. The average molecular weight is 344 g/mol. The molecule has 0 spiro atoms. The monoisotopic (exact) mass is 344 g/mol. The molecule has 0 atom stereocenters. The van der Waals surface area contributed by atoms with E-state index in [0.717, 1.165) is 5.75 Å². The third-order valence-electron chi connectivity index (χ3n) is 3.72.